The molecule has 1 saturated heterocycles. The Morgan fingerprint density at radius 2 is 2.10 bits per heavy atom. The summed E-state index contributed by atoms with van der Waals surface area (Å²) in [6.45, 7) is 5.64. The van der Waals surface area contributed by atoms with Crippen LogP contribution in [0.4, 0.5) is 5.82 Å². The third-order valence-corrected chi connectivity index (χ3v) is 4.34. The number of esters is 1. The van der Waals surface area contributed by atoms with Crippen LogP contribution in [0.5, 0.6) is 0 Å². The highest BCUT2D eigenvalue weighted by Crippen LogP contribution is 2.36. The molecule has 1 aliphatic rings. The summed E-state index contributed by atoms with van der Waals surface area (Å²) in [5, 5.41) is 0.263. The van der Waals surface area contributed by atoms with Gasteiger partial charge in [0.05, 0.1) is 12.5 Å². The van der Waals surface area contributed by atoms with Gasteiger partial charge in [-0.1, -0.05) is 0 Å². The van der Waals surface area contributed by atoms with Crippen LogP contribution in [0.25, 0.3) is 0 Å². The number of methoxy groups -OCH3 is 1. The Labute approximate surface area is 124 Å². The molecule has 0 atom stereocenters. The highest BCUT2D eigenvalue weighted by atomic mass is 35.5. The van der Waals surface area contributed by atoms with Crippen molar-refractivity contribution < 1.29 is 9.53 Å². The lowest BCUT2D eigenvalue weighted by Crippen LogP contribution is -2.42. The third kappa shape index (κ3) is 3.03. The SMILES string of the molecule is COC(=O)C(C)(C)C1CCN(c2ccnc(Cl)n2)CC1. The number of carbonyl (C=O) groups excluding carboxylic acids is 1. The van der Waals surface area contributed by atoms with Gasteiger partial charge in [-0.25, -0.2) is 9.97 Å². The van der Waals surface area contributed by atoms with Gasteiger partial charge in [0.25, 0.3) is 0 Å². The molecule has 0 bridgehead atoms. The van der Waals surface area contributed by atoms with Gasteiger partial charge in [-0.05, 0) is 50.3 Å². The summed E-state index contributed by atoms with van der Waals surface area (Å²) in [6.07, 6.45) is 3.53. The number of hydrogen-bond acceptors (Lipinski definition) is 5. The van der Waals surface area contributed by atoms with Crippen molar-refractivity contribution in [2.24, 2.45) is 11.3 Å². The zero-order valence-corrected chi connectivity index (χ0v) is 12.9. The second kappa shape index (κ2) is 5.95. The van der Waals surface area contributed by atoms with Crippen LogP contribution in [0.3, 0.4) is 0 Å². The molecule has 0 radical (unpaired) electrons. The molecule has 5 nitrogen and oxygen atoms in total. The fourth-order valence-electron chi connectivity index (χ4n) is 2.76. The van der Waals surface area contributed by atoms with Crippen LogP contribution in [0.2, 0.25) is 5.28 Å². The number of anilines is 1. The fourth-order valence-corrected chi connectivity index (χ4v) is 2.91. The van der Waals surface area contributed by atoms with Crippen LogP contribution < -0.4 is 4.90 Å². The topological polar surface area (TPSA) is 55.3 Å². The van der Waals surface area contributed by atoms with E-state index in [2.05, 4.69) is 14.9 Å². The van der Waals surface area contributed by atoms with Crippen molar-refractivity contribution in [3.05, 3.63) is 17.5 Å². The van der Waals surface area contributed by atoms with E-state index in [9.17, 15) is 4.79 Å². The zero-order valence-electron chi connectivity index (χ0n) is 12.1. The summed E-state index contributed by atoms with van der Waals surface area (Å²) in [7, 11) is 1.45. The minimum absolute atomic E-state index is 0.138. The van der Waals surface area contributed by atoms with Crippen molar-refractivity contribution in [3.8, 4) is 0 Å². The number of ether oxygens (including phenoxy) is 1. The molecule has 1 aromatic rings. The molecule has 20 heavy (non-hydrogen) atoms. The maximum absolute atomic E-state index is 11.9. The van der Waals surface area contributed by atoms with Gasteiger partial charge in [0.15, 0.2) is 0 Å². The Balaban J connectivity index is 2.01. The molecule has 1 aromatic heterocycles. The summed E-state index contributed by atoms with van der Waals surface area (Å²) in [5.74, 6) is 1.03. The molecular weight excluding hydrogens is 278 g/mol. The van der Waals surface area contributed by atoms with Crippen molar-refractivity contribution >= 4 is 23.4 Å². The van der Waals surface area contributed by atoms with Gasteiger partial charge in [0.2, 0.25) is 5.28 Å². The maximum atomic E-state index is 11.9. The van der Waals surface area contributed by atoms with Gasteiger partial charge in [0.1, 0.15) is 5.82 Å². The normalized spacial score (nSPS) is 17.1. The maximum Gasteiger partial charge on any atom is 0.311 e. The standard InChI is InChI=1S/C14H20ClN3O2/c1-14(2,12(19)20-3)10-5-8-18(9-6-10)11-4-7-16-13(15)17-11/h4,7,10H,5-6,8-9H2,1-3H3. The smallest absolute Gasteiger partial charge is 0.311 e. The van der Waals surface area contributed by atoms with Crippen molar-refractivity contribution in [2.75, 3.05) is 25.1 Å². The predicted molar refractivity (Wildman–Crippen MR) is 77.8 cm³/mol. The van der Waals surface area contributed by atoms with E-state index in [0.29, 0.717) is 5.92 Å². The Bertz CT molecular complexity index is 485. The van der Waals surface area contributed by atoms with Crippen molar-refractivity contribution in [3.63, 3.8) is 0 Å². The first-order valence-electron chi connectivity index (χ1n) is 6.77. The molecule has 0 saturated carbocycles. The quantitative estimate of drug-likeness (QED) is 0.634. The molecule has 0 spiro atoms. The minimum atomic E-state index is -0.440. The average Bonchev–Trinajstić information content (AvgIpc) is 2.46. The van der Waals surface area contributed by atoms with E-state index in [-0.39, 0.29) is 11.3 Å². The fraction of sp³-hybridized carbons (Fsp3) is 0.643. The number of carbonyl (C=O) groups is 1. The number of rotatable bonds is 3. The molecule has 6 heteroatoms. The van der Waals surface area contributed by atoms with E-state index in [1.165, 1.54) is 7.11 Å². The highest BCUT2D eigenvalue weighted by Gasteiger charge is 2.39. The molecule has 1 aliphatic heterocycles. The van der Waals surface area contributed by atoms with Crippen molar-refractivity contribution in [1.82, 2.24) is 9.97 Å². The summed E-state index contributed by atoms with van der Waals surface area (Å²) < 4.78 is 4.90. The first-order chi connectivity index (χ1) is 9.45. The van der Waals surface area contributed by atoms with Gasteiger partial charge in [-0.3, -0.25) is 4.79 Å². The van der Waals surface area contributed by atoms with Gasteiger partial charge >= 0.3 is 5.97 Å². The summed E-state index contributed by atoms with van der Waals surface area (Å²) in [5.41, 5.74) is -0.440. The van der Waals surface area contributed by atoms with Crippen LogP contribution >= 0.6 is 11.6 Å². The third-order valence-electron chi connectivity index (χ3n) is 4.16. The van der Waals surface area contributed by atoms with Gasteiger partial charge in [0, 0.05) is 19.3 Å². The number of halogens is 1. The molecule has 2 heterocycles. The Hall–Kier alpha value is -1.36. The molecule has 0 amide bonds. The molecule has 1 fully saturated rings. The second-order valence-electron chi connectivity index (χ2n) is 5.66. The zero-order chi connectivity index (χ0) is 14.8. The molecule has 2 rings (SSSR count). The predicted octanol–water partition coefficient (Wildman–Crippen LogP) is 2.55. The van der Waals surface area contributed by atoms with Crippen LogP contribution in [0.1, 0.15) is 26.7 Å². The molecule has 110 valence electrons. The Kier molecular flexibility index (Phi) is 4.48. The van der Waals surface area contributed by atoms with E-state index in [1.807, 2.05) is 19.9 Å². The molecule has 0 aliphatic carbocycles. The number of aromatic nitrogens is 2. The minimum Gasteiger partial charge on any atom is -0.469 e. The molecular formula is C14H20ClN3O2. The molecule has 0 aromatic carbocycles. The monoisotopic (exact) mass is 297 g/mol. The number of nitrogens with zero attached hydrogens (tertiary/aromatic N) is 3. The number of piperidine rings is 1. The van der Waals surface area contributed by atoms with E-state index in [0.717, 1.165) is 31.7 Å². The number of hydrogen-bond donors (Lipinski definition) is 0. The van der Waals surface area contributed by atoms with Gasteiger partial charge in [-0.15, -0.1) is 0 Å². The van der Waals surface area contributed by atoms with E-state index >= 15 is 0 Å². The van der Waals surface area contributed by atoms with Gasteiger partial charge < -0.3 is 9.64 Å². The lowest BCUT2D eigenvalue weighted by molar-refractivity contribution is -0.154. The van der Waals surface area contributed by atoms with Crippen molar-refractivity contribution in [1.29, 1.82) is 0 Å². The summed E-state index contributed by atoms with van der Waals surface area (Å²) in [6, 6.07) is 1.86. The van der Waals surface area contributed by atoms with Crippen LogP contribution in [0, 0.1) is 11.3 Å². The Morgan fingerprint density at radius 3 is 2.65 bits per heavy atom. The van der Waals surface area contributed by atoms with E-state index in [1.54, 1.807) is 6.20 Å². The Morgan fingerprint density at radius 1 is 1.45 bits per heavy atom. The van der Waals surface area contributed by atoms with E-state index < -0.39 is 5.41 Å². The van der Waals surface area contributed by atoms with Crippen LogP contribution in [-0.4, -0.2) is 36.1 Å². The van der Waals surface area contributed by atoms with Crippen LogP contribution in [0.15, 0.2) is 12.3 Å². The first kappa shape index (κ1) is 15.0. The lowest BCUT2D eigenvalue weighted by Gasteiger charge is -2.39. The second-order valence-corrected chi connectivity index (χ2v) is 6.00. The lowest BCUT2D eigenvalue weighted by atomic mass is 9.73. The van der Waals surface area contributed by atoms with Gasteiger partial charge in [-0.2, -0.15) is 0 Å². The highest BCUT2D eigenvalue weighted by molar-refractivity contribution is 6.28. The molecule has 0 N–H and O–H groups in total. The van der Waals surface area contributed by atoms with E-state index in [4.69, 9.17) is 16.3 Å². The largest absolute Gasteiger partial charge is 0.469 e. The summed E-state index contributed by atoms with van der Waals surface area (Å²) in [4.78, 5) is 22.1. The van der Waals surface area contributed by atoms with Crippen molar-refractivity contribution in [2.45, 2.75) is 26.7 Å². The van der Waals surface area contributed by atoms with Crippen LogP contribution in [-0.2, 0) is 9.53 Å². The first-order valence-corrected chi connectivity index (χ1v) is 7.15. The molecule has 0 unspecified atom stereocenters. The summed E-state index contributed by atoms with van der Waals surface area (Å²) >= 11 is 5.82. The average molecular weight is 298 g/mol.